The smallest absolute Gasteiger partial charge is 0.255 e. The molecule has 1 amide bonds. The van der Waals surface area contributed by atoms with Crippen LogP contribution in [0, 0.1) is 6.92 Å². The van der Waals surface area contributed by atoms with Crippen molar-refractivity contribution in [3.63, 3.8) is 0 Å². The van der Waals surface area contributed by atoms with Crippen molar-refractivity contribution in [3.05, 3.63) is 83.3 Å². The molecule has 0 aliphatic carbocycles. The number of nitrogen functional groups attached to an aromatic ring is 1. The van der Waals surface area contributed by atoms with Gasteiger partial charge in [0.15, 0.2) is 0 Å². The van der Waals surface area contributed by atoms with E-state index in [-0.39, 0.29) is 35.9 Å². The lowest BCUT2D eigenvalue weighted by atomic mass is 9.85. The zero-order valence-corrected chi connectivity index (χ0v) is 29.6. The first-order valence-electron chi connectivity index (χ1n) is 17.7. The number of piperidine rings is 1. The van der Waals surface area contributed by atoms with Gasteiger partial charge in [0.1, 0.15) is 11.9 Å². The molecule has 2 atom stereocenters. The molecule has 11 nitrogen and oxygen atoms in total. The Labute approximate surface area is 294 Å². The first kappa shape index (κ1) is 34.2. The molecule has 0 saturated carbocycles. The fourth-order valence-electron chi connectivity index (χ4n) is 7.79. The molecule has 11 heteroatoms. The van der Waals surface area contributed by atoms with Crippen LogP contribution in [0.15, 0.2) is 60.9 Å². The highest BCUT2D eigenvalue weighted by Crippen LogP contribution is 2.44. The lowest BCUT2D eigenvalue weighted by molar-refractivity contribution is 0.0218. The van der Waals surface area contributed by atoms with Gasteiger partial charge in [-0.25, -0.2) is 4.98 Å². The van der Waals surface area contributed by atoms with Crippen LogP contribution in [-0.2, 0) is 28.5 Å². The van der Waals surface area contributed by atoms with Crippen molar-refractivity contribution in [3.8, 4) is 22.3 Å². The van der Waals surface area contributed by atoms with E-state index in [1.807, 2.05) is 20.2 Å². The van der Waals surface area contributed by atoms with Gasteiger partial charge in [-0.05, 0) is 60.2 Å². The summed E-state index contributed by atoms with van der Waals surface area (Å²) in [4.78, 5) is 22.6. The zero-order chi connectivity index (χ0) is 35.0. The first-order valence-corrected chi connectivity index (χ1v) is 17.7. The largest absolute Gasteiger partial charge is 0.395 e. The van der Waals surface area contributed by atoms with E-state index >= 15 is 0 Å². The van der Waals surface area contributed by atoms with Gasteiger partial charge in [-0.15, -0.1) is 0 Å². The number of aromatic nitrogens is 3. The van der Waals surface area contributed by atoms with E-state index in [0.29, 0.717) is 31.4 Å². The second kappa shape index (κ2) is 14.1. The van der Waals surface area contributed by atoms with Crippen molar-refractivity contribution in [1.82, 2.24) is 25.0 Å². The number of benzene rings is 2. The lowest BCUT2D eigenvalue weighted by Gasteiger charge is -2.38. The fraction of sp³-hybridized carbons (Fsp3) is 0.462. The molecule has 5 heterocycles. The number of anilines is 2. The summed E-state index contributed by atoms with van der Waals surface area (Å²) in [6, 6.07) is 17.5. The van der Waals surface area contributed by atoms with E-state index in [1.165, 1.54) is 22.4 Å². The van der Waals surface area contributed by atoms with Crippen molar-refractivity contribution in [2.24, 2.45) is 7.05 Å². The highest BCUT2D eigenvalue weighted by molar-refractivity contribution is 5.99. The first-order chi connectivity index (χ1) is 24.1. The van der Waals surface area contributed by atoms with Crippen LogP contribution in [0.3, 0.4) is 0 Å². The van der Waals surface area contributed by atoms with Gasteiger partial charge in [0.2, 0.25) is 0 Å². The second-order valence-electron chi connectivity index (χ2n) is 14.7. The number of ether oxygens (including phenoxy) is 2. The number of pyridine rings is 1. The van der Waals surface area contributed by atoms with Gasteiger partial charge in [-0.2, -0.15) is 5.10 Å². The zero-order valence-electron chi connectivity index (χ0n) is 29.6. The van der Waals surface area contributed by atoms with Crippen LogP contribution in [0.2, 0.25) is 0 Å². The Balaban J connectivity index is 0.971. The van der Waals surface area contributed by atoms with Gasteiger partial charge in [-0.3, -0.25) is 9.48 Å². The molecule has 264 valence electrons. The number of carbonyl (C=O) groups excluding carboxylic acids is 1. The van der Waals surface area contributed by atoms with E-state index in [4.69, 9.17) is 15.2 Å². The summed E-state index contributed by atoms with van der Waals surface area (Å²) >= 11 is 0. The number of carbonyl (C=O) groups is 1. The Bertz CT molecular complexity index is 1830. The Hall–Kier alpha value is -4.29. The van der Waals surface area contributed by atoms with E-state index in [1.54, 1.807) is 16.9 Å². The SMILES string of the molecule is Cc1nn(C)cc1-c1cnc(N)c(C(=O)N[C@H]2COC[C@@H]2OCc2ccc(-c3ccc4c(c3)C(C)(C)CN4C3CCN(CCO)CC3)cc2)c1. The van der Waals surface area contributed by atoms with E-state index in [2.05, 4.69) is 81.5 Å². The molecule has 0 spiro atoms. The van der Waals surface area contributed by atoms with Crippen molar-refractivity contribution in [2.45, 2.75) is 63.8 Å². The number of hydrogen-bond acceptors (Lipinski definition) is 9. The van der Waals surface area contributed by atoms with Crippen molar-refractivity contribution >= 4 is 17.4 Å². The summed E-state index contributed by atoms with van der Waals surface area (Å²) < 4.78 is 13.7. The van der Waals surface area contributed by atoms with Crippen LogP contribution in [0.5, 0.6) is 0 Å². The summed E-state index contributed by atoms with van der Waals surface area (Å²) in [6.45, 7) is 11.9. The molecule has 0 unspecified atom stereocenters. The number of rotatable bonds is 10. The van der Waals surface area contributed by atoms with Crippen LogP contribution >= 0.6 is 0 Å². The number of β-amino-alcohol motifs (C(OH)–C–C–N with tert-alkyl or cyclic N) is 1. The number of nitrogens with two attached hydrogens (primary N) is 1. The lowest BCUT2D eigenvalue weighted by Crippen LogP contribution is -2.46. The van der Waals surface area contributed by atoms with Crippen LogP contribution < -0.4 is 16.0 Å². The molecule has 4 N–H and O–H groups in total. The summed E-state index contributed by atoms with van der Waals surface area (Å²) in [5.74, 6) is -0.139. The van der Waals surface area contributed by atoms with Gasteiger partial charge in [-0.1, -0.05) is 44.2 Å². The standard InChI is InChI=1S/C39H49N7O4/c1-25-32(20-44(4)43-25)29-17-31(37(40)41-19-29)38(48)42-34-22-49-23-36(34)50-21-26-5-7-27(8-6-26)28-9-10-35-33(18-28)39(2,3)24-46(35)30-11-13-45(14-12-30)15-16-47/h5-10,17-20,30,34,36,47H,11-16,21-24H2,1-4H3,(H2,40,41)(H,42,48)/t34-,36-/m0/s1. The van der Waals surface area contributed by atoms with Gasteiger partial charge >= 0.3 is 0 Å². The molecule has 50 heavy (non-hydrogen) atoms. The van der Waals surface area contributed by atoms with Crippen molar-refractivity contribution in [1.29, 1.82) is 0 Å². The highest BCUT2D eigenvalue weighted by atomic mass is 16.5. The second-order valence-corrected chi connectivity index (χ2v) is 14.7. The third kappa shape index (κ3) is 7.00. The molecule has 0 bridgehead atoms. The maximum atomic E-state index is 13.4. The average molecular weight is 680 g/mol. The van der Waals surface area contributed by atoms with Gasteiger partial charge in [0.05, 0.1) is 43.7 Å². The van der Waals surface area contributed by atoms with Gasteiger partial charge in [0.25, 0.3) is 5.91 Å². The number of aliphatic hydroxyl groups is 1. The minimum Gasteiger partial charge on any atom is -0.395 e. The van der Waals surface area contributed by atoms with Crippen LogP contribution in [0.4, 0.5) is 11.5 Å². The third-order valence-corrected chi connectivity index (χ3v) is 10.6. The normalized spacial score (nSPS) is 20.7. The number of aryl methyl sites for hydroxylation is 2. The van der Waals surface area contributed by atoms with E-state index in [0.717, 1.165) is 61.4 Å². The maximum Gasteiger partial charge on any atom is 0.255 e. The minimum atomic E-state index is -0.313. The molecule has 2 aromatic heterocycles. The maximum absolute atomic E-state index is 13.4. The number of amides is 1. The number of hydrogen-bond donors (Lipinski definition) is 3. The molecule has 4 aromatic rings. The Morgan fingerprint density at radius 1 is 1.08 bits per heavy atom. The molecule has 3 aliphatic heterocycles. The van der Waals surface area contributed by atoms with Crippen molar-refractivity contribution in [2.75, 3.05) is 56.6 Å². The number of nitrogens with zero attached hydrogens (tertiary/aromatic N) is 5. The van der Waals surface area contributed by atoms with Crippen molar-refractivity contribution < 1.29 is 19.4 Å². The molecular weight excluding hydrogens is 630 g/mol. The number of aliphatic hydroxyl groups excluding tert-OH is 1. The Kier molecular flexibility index (Phi) is 9.67. The highest BCUT2D eigenvalue weighted by Gasteiger charge is 2.39. The van der Waals surface area contributed by atoms with E-state index in [9.17, 15) is 9.90 Å². The number of nitrogens with one attached hydrogen (secondary N) is 1. The third-order valence-electron chi connectivity index (χ3n) is 10.6. The van der Waals surface area contributed by atoms with E-state index < -0.39 is 0 Å². The van der Waals surface area contributed by atoms with Crippen LogP contribution in [0.1, 0.15) is 53.9 Å². The predicted molar refractivity (Wildman–Crippen MR) is 195 cm³/mol. The number of fused-ring (bicyclic) bond motifs is 1. The van der Waals surface area contributed by atoms with Crippen LogP contribution in [0.25, 0.3) is 22.3 Å². The molecule has 0 radical (unpaired) electrons. The van der Waals surface area contributed by atoms with Crippen LogP contribution in [-0.4, -0.2) is 94.9 Å². The molecule has 2 aromatic carbocycles. The summed E-state index contributed by atoms with van der Waals surface area (Å²) in [6.07, 6.45) is 5.54. The Morgan fingerprint density at radius 3 is 2.56 bits per heavy atom. The topological polar surface area (TPSA) is 131 Å². The summed E-state index contributed by atoms with van der Waals surface area (Å²) in [5, 5.41) is 16.8. The molecular formula is C39H49N7O4. The predicted octanol–water partition coefficient (Wildman–Crippen LogP) is 4.31. The summed E-state index contributed by atoms with van der Waals surface area (Å²) in [7, 11) is 1.86. The molecule has 3 aliphatic rings. The molecule has 7 rings (SSSR count). The number of likely N-dealkylation sites (tertiary alicyclic amines) is 1. The average Bonchev–Trinajstić information content (AvgIpc) is 3.78. The summed E-state index contributed by atoms with van der Waals surface area (Å²) in [5.41, 5.74) is 15.3. The monoisotopic (exact) mass is 679 g/mol. The Morgan fingerprint density at radius 2 is 1.84 bits per heavy atom. The quantitative estimate of drug-likeness (QED) is 0.225. The van der Waals surface area contributed by atoms with Gasteiger partial charge < -0.3 is 35.4 Å². The molecule has 2 saturated heterocycles. The molecule has 2 fully saturated rings. The fourth-order valence-corrected chi connectivity index (χ4v) is 7.79. The minimum absolute atomic E-state index is 0.0696. The van der Waals surface area contributed by atoms with Gasteiger partial charge in [0, 0.05) is 73.9 Å².